The predicted octanol–water partition coefficient (Wildman–Crippen LogP) is 0.838. The molecule has 1 aromatic carbocycles. The van der Waals surface area contributed by atoms with Crippen molar-refractivity contribution >= 4 is 11.9 Å². The lowest BCUT2D eigenvalue weighted by molar-refractivity contribution is 0.665. The molecule has 0 aliphatic heterocycles. The molecule has 6 nitrogen and oxygen atoms in total. The highest BCUT2D eigenvalue weighted by molar-refractivity contribution is 5.81. The van der Waals surface area contributed by atoms with Crippen LogP contribution in [-0.2, 0) is 14.1 Å². The van der Waals surface area contributed by atoms with E-state index in [4.69, 9.17) is 0 Å². The van der Waals surface area contributed by atoms with Gasteiger partial charge >= 0.3 is 5.69 Å². The molecule has 0 spiro atoms. The smallest absolute Gasteiger partial charge is 0.300 e. The Bertz CT molecular complexity index is 757. The van der Waals surface area contributed by atoms with Gasteiger partial charge in [-0.15, -0.1) is 0 Å². The fourth-order valence-corrected chi connectivity index (χ4v) is 1.80. The van der Waals surface area contributed by atoms with Crippen LogP contribution in [0.4, 0.5) is 5.69 Å². The van der Waals surface area contributed by atoms with Gasteiger partial charge in [0.15, 0.2) is 0 Å². The summed E-state index contributed by atoms with van der Waals surface area (Å²) in [5.41, 5.74) is 3.92. The summed E-state index contributed by atoms with van der Waals surface area (Å²) in [5, 5.41) is 4.04. The lowest BCUT2D eigenvalue weighted by atomic mass is 10.2. The Labute approximate surface area is 116 Å². The van der Waals surface area contributed by atoms with Crippen molar-refractivity contribution in [2.45, 2.75) is 6.92 Å². The molecule has 1 aromatic heterocycles. The van der Waals surface area contributed by atoms with Crippen LogP contribution in [0.15, 0.2) is 45.0 Å². The van der Waals surface area contributed by atoms with Gasteiger partial charge in [0, 0.05) is 19.8 Å². The van der Waals surface area contributed by atoms with Gasteiger partial charge in [-0.3, -0.25) is 14.8 Å². The summed E-state index contributed by atoms with van der Waals surface area (Å²) >= 11 is 0. The van der Waals surface area contributed by atoms with E-state index in [2.05, 4.69) is 10.5 Å². The Morgan fingerprint density at radius 3 is 2.40 bits per heavy atom. The first kappa shape index (κ1) is 13.8. The zero-order valence-electron chi connectivity index (χ0n) is 11.6. The lowest BCUT2D eigenvalue weighted by Gasteiger charge is -2.08. The van der Waals surface area contributed by atoms with E-state index in [1.54, 1.807) is 14.0 Å². The fourth-order valence-electron chi connectivity index (χ4n) is 1.80. The van der Waals surface area contributed by atoms with Crippen LogP contribution in [0.25, 0.3) is 0 Å². The van der Waals surface area contributed by atoms with Crippen LogP contribution in [0.1, 0.15) is 11.3 Å². The summed E-state index contributed by atoms with van der Waals surface area (Å²) in [7, 11) is 3.07. The zero-order chi connectivity index (χ0) is 14.7. The molecule has 0 bridgehead atoms. The minimum Gasteiger partial charge on any atom is -0.300 e. The third-order valence-corrected chi connectivity index (χ3v) is 3.16. The monoisotopic (exact) mass is 272 g/mol. The SMILES string of the molecule is Cc1c(/C=N/Nc2ccccc2)c(=O)n(C)c(=O)n1C. The van der Waals surface area contributed by atoms with Gasteiger partial charge in [-0.05, 0) is 19.1 Å². The largest absolute Gasteiger partial charge is 0.330 e. The minimum atomic E-state index is -0.357. The molecule has 2 aromatic rings. The second-order valence-electron chi connectivity index (χ2n) is 4.44. The summed E-state index contributed by atoms with van der Waals surface area (Å²) < 4.78 is 2.49. The molecular weight excluding hydrogens is 256 g/mol. The maximum Gasteiger partial charge on any atom is 0.330 e. The Hall–Kier alpha value is -2.63. The average Bonchev–Trinajstić information content (AvgIpc) is 2.48. The Morgan fingerprint density at radius 1 is 1.10 bits per heavy atom. The molecule has 0 radical (unpaired) electrons. The molecule has 0 saturated carbocycles. The van der Waals surface area contributed by atoms with E-state index in [9.17, 15) is 9.59 Å². The number of hydrogen-bond acceptors (Lipinski definition) is 4. The van der Waals surface area contributed by atoms with Crippen LogP contribution in [0.5, 0.6) is 0 Å². The fraction of sp³-hybridized carbons (Fsp3) is 0.214. The lowest BCUT2D eigenvalue weighted by Crippen LogP contribution is -2.40. The molecule has 0 amide bonds. The third-order valence-electron chi connectivity index (χ3n) is 3.16. The number of nitrogens with one attached hydrogen (secondary N) is 1. The predicted molar refractivity (Wildman–Crippen MR) is 79.3 cm³/mol. The van der Waals surface area contributed by atoms with E-state index in [-0.39, 0.29) is 11.2 Å². The van der Waals surface area contributed by atoms with E-state index in [1.807, 2.05) is 30.3 Å². The van der Waals surface area contributed by atoms with Crippen LogP contribution in [0, 0.1) is 6.92 Å². The number of rotatable bonds is 3. The second kappa shape index (κ2) is 5.56. The van der Waals surface area contributed by atoms with Gasteiger partial charge in [0.05, 0.1) is 17.5 Å². The van der Waals surface area contributed by atoms with Gasteiger partial charge in [0.2, 0.25) is 0 Å². The topological polar surface area (TPSA) is 68.4 Å². The average molecular weight is 272 g/mol. The quantitative estimate of drug-likeness (QED) is 0.665. The Kier molecular flexibility index (Phi) is 3.84. The first-order valence-corrected chi connectivity index (χ1v) is 6.13. The Morgan fingerprint density at radius 2 is 1.75 bits per heavy atom. The van der Waals surface area contributed by atoms with Gasteiger partial charge in [0.1, 0.15) is 0 Å². The van der Waals surface area contributed by atoms with Crippen molar-refractivity contribution in [1.82, 2.24) is 9.13 Å². The molecule has 0 aliphatic rings. The molecule has 1 N–H and O–H groups in total. The van der Waals surface area contributed by atoms with Crippen molar-refractivity contribution in [3.05, 3.63) is 62.4 Å². The molecule has 6 heteroatoms. The van der Waals surface area contributed by atoms with Crippen LogP contribution in [-0.4, -0.2) is 15.3 Å². The third kappa shape index (κ3) is 2.54. The van der Waals surface area contributed by atoms with E-state index >= 15 is 0 Å². The van der Waals surface area contributed by atoms with Crippen molar-refractivity contribution in [1.29, 1.82) is 0 Å². The number of aromatic nitrogens is 2. The van der Waals surface area contributed by atoms with E-state index < -0.39 is 0 Å². The summed E-state index contributed by atoms with van der Waals surface area (Å²) in [6, 6.07) is 9.40. The van der Waals surface area contributed by atoms with Crippen molar-refractivity contribution in [2.24, 2.45) is 19.2 Å². The molecular formula is C14H16N4O2. The van der Waals surface area contributed by atoms with Gasteiger partial charge < -0.3 is 4.57 Å². The first-order valence-electron chi connectivity index (χ1n) is 6.13. The summed E-state index contributed by atoms with van der Waals surface area (Å²) in [6.07, 6.45) is 1.43. The molecule has 2 rings (SSSR count). The molecule has 1 heterocycles. The highest BCUT2D eigenvalue weighted by atomic mass is 16.2. The number of para-hydroxylation sites is 1. The maximum absolute atomic E-state index is 12.0. The van der Waals surface area contributed by atoms with E-state index in [1.165, 1.54) is 17.8 Å². The molecule has 0 aliphatic carbocycles. The van der Waals surface area contributed by atoms with Gasteiger partial charge in [-0.1, -0.05) is 18.2 Å². The highest BCUT2D eigenvalue weighted by Gasteiger charge is 2.09. The summed E-state index contributed by atoms with van der Waals surface area (Å²) in [4.78, 5) is 23.8. The molecule has 0 unspecified atom stereocenters. The molecule has 0 saturated heterocycles. The van der Waals surface area contributed by atoms with Crippen LogP contribution in [0.2, 0.25) is 0 Å². The number of hydrazone groups is 1. The van der Waals surface area contributed by atoms with Gasteiger partial charge in [-0.2, -0.15) is 5.10 Å². The zero-order valence-corrected chi connectivity index (χ0v) is 11.6. The number of benzene rings is 1. The summed E-state index contributed by atoms with van der Waals surface area (Å²) in [5.74, 6) is 0. The van der Waals surface area contributed by atoms with Crippen molar-refractivity contribution in [3.8, 4) is 0 Å². The normalized spacial score (nSPS) is 10.9. The van der Waals surface area contributed by atoms with Crippen molar-refractivity contribution in [3.63, 3.8) is 0 Å². The Balaban J connectivity index is 2.35. The highest BCUT2D eigenvalue weighted by Crippen LogP contribution is 2.04. The van der Waals surface area contributed by atoms with Crippen LogP contribution in [0.3, 0.4) is 0 Å². The van der Waals surface area contributed by atoms with E-state index in [0.29, 0.717) is 11.3 Å². The summed E-state index contributed by atoms with van der Waals surface area (Å²) in [6.45, 7) is 1.71. The second-order valence-corrected chi connectivity index (χ2v) is 4.44. The van der Waals surface area contributed by atoms with Gasteiger partial charge in [-0.25, -0.2) is 4.79 Å². The maximum atomic E-state index is 12.0. The molecule has 0 atom stereocenters. The standard InChI is InChI=1S/C14H16N4O2/c1-10-12(13(19)18(3)14(20)17(10)2)9-15-16-11-7-5-4-6-8-11/h4-9,16H,1-3H3/b15-9+. The number of nitrogens with zero attached hydrogens (tertiary/aromatic N) is 3. The van der Waals surface area contributed by atoms with E-state index in [0.717, 1.165) is 10.3 Å². The molecule has 20 heavy (non-hydrogen) atoms. The van der Waals surface area contributed by atoms with Crippen LogP contribution < -0.4 is 16.7 Å². The minimum absolute atomic E-state index is 0.347. The molecule has 104 valence electrons. The van der Waals surface area contributed by atoms with Crippen molar-refractivity contribution < 1.29 is 0 Å². The number of hydrogen-bond donors (Lipinski definition) is 1. The van der Waals surface area contributed by atoms with Crippen molar-refractivity contribution in [2.75, 3.05) is 5.43 Å². The first-order chi connectivity index (χ1) is 9.52. The van der Waals surface area contributed by atoms with Gasteiger partial charge in [0.25, 0.3) is 5.56 Å². The number of anilines is 1. The van der Waals surface area contributed by atoms with Crippen LogP contribution >= 0.6 is 0 Å². The molecule has 0 fully saturated rings.